The van der Waals surface area contributed by atoms with Crippen LogP contribution in [-0.2, 0) is 22.5 Å². The van der Waals surface area contributed by atoms with Crippen molar-refractivity contribution in [2.24, 2.45) is 5.73 Å². The minimum Gasteiger partial charge on any atom is -0.469 e. The van der Waals surface area contributed by atoms with Gasteiger partial charge in [0.25, 0.3) is 6.43 Å². The van der Waals surface area contributed by atoms with Crippen LogP contribution in [0.25, 0.3) is 0 Å². The number of carbonyl (C=O) groups excluding carboxylic acids is 1. The standard InChI is InChI=1S/C10H11F2IN2O2/c1-17-8(16)2-5-7(3-14)15-4-6(9(5)13)10(11)12/h4,10H,2-3,14H2,1H3. The first-order valence-corrected chi connectivity index (χ1v) is 5.80. The summed E-state index contributed by atoms with van der Waals surface area (Å²) in [7, 11) is 1.24. The Kier molecular flexibility index (Phi) is 5.19. The zero-order valence-electron chi connectivity index (χ0n) is 9.04. The van der Waals surface area contributed by atoms with Crippen LogP contribution in [-0.4, -0.2) is 18.1 Å². The van der Waals surface area contributed by atoms with E-state index in [0.29, 0.717) is 14.8 Å². The molecule has 0 atom stereocenters. The van der Waals surface area contributed by atoms with Gasteiger partial charge in [0.05, 0.1) is 19.2 Å². The molecule has 7 heteroatoms. The van der Waals surface area contributed by atoms with Crippen LogP contribution < -0.4 is 5.73 Å². The summed E-state index contributed by atoms with van der Waals surface area (Å²) in [5, 5.41) is 0. The zero-order chi connectivity index (χ0) is 13.0. The van der Waals surface area contributed by atoms with Crippen molar-refractivity contribution >= 4 is 28.6 Å². The van der Waals surface area contributed by atoms with E-state index in [0.717, 1.165) is 6.20 Å². The molecule has 1 rings (SSSR count). The lowest BCUT2D eigenvalue weighted by Gasteiger charge is -2.12. The van der Waals surface area contributed by atoms with Crippen molar-refractivity contribution in [2.45, 2.75) is 19.4 Å². The summed E-state index contributed by atoms with van der Waals surface area (Å²) in [4.78, 5) is 15.1. The molecular formula is C10H11F2IN2O2. The van der Waals surface area contributed by atoms with Gasteiger partial charge in [-0.05, 0) is 28.2 Å². The molecule has 0 amide bonds. The lowest BCUT2D eigenvalue weighted by atomic mass is 10.1. The summed E-state index contributed by atoms with van der Waals surface area (Å²) in [5.74, 6) is -0.508. The molecule has 0 aliphatic carbocycles. The Labute approximate surface area is 111 Å². The fourth-order valence-electron chi connectivity index (χ4n) is 1.31. The van der Waals surface area contributed by atoms with Gasteiger partial charge in [0.2, 0.25) is 0 Å². The first kappa shape index (κ1) is 14.2. The van der Waals surface area contributed by atoms with Crippen LogP contribution in [0.3, 0.4) is 0 Å². The molecule has 0 aliphatic heterocycles. The number of esters is 1. The number of aromatic nitrogens is 1. The predicted molar refractivity (Wildman–Crippen MR) is 65.5 cm³/mol. The first-order valence-electron chi connectivity index (χ1n) is 4.72. The van der Waals surface area contributed by atoms with Crippen LogP contribution in [0.2, 0.25) is 0 Å². The largest absolute Gasteiger partial charge is 0.469 e. The number of ether oxygens (including phenoxy) is 1. The van der Waals surface area contributed by atoms with Gasteiger partial charge in [-0.1, -0.05) is 0 Å². The molecule has 1 aromatic rings. The van der Waals surface area contributed by atoms with Gasteiger partial charge in [-0.25, -0.2) is 8.78 Å². The Balaban J connectivity index is 3.22. The number of hydrogen-bond acceptors (Lipinski definition) is 4. The molecule has 0 aromatic carbocycles. The number of rotatable bonds is 4. The maximum absolute atomic E-state index is 12.7. The summed E-state index contributed by atoms with van der Waals surface area (Å²) < 4.78 is 30.2. The van der Waals surface area contributed by atoms with Crippen molar-refractivity contribution in [1.82, 2.24) is 4.98 Å². The van der Waals surface area contributed by atoms with Gasteiger partial charge in [0.1, 0.15) is 0 Å². The van der Waals surface area contributed by atoms with Crippen LogP contribution in [0.1, 0.15) is 23.2 Å². The second kappa shape index (κ2) is 6.20. The van der Waals surface area contributed by atoms with E-state index in [2.05, 4.69) is 9.72 Å². The number of pyridine rings is 1. The average Bonchev–Trinajstić information content (AvgIpc) is 2.30. The molecule has 2 N–H and O–H groups in total. The smallest absolute Gasteiger partial charge is 0.310 e. The van der Waals surface area contributed by atoms with Crippen LogP contribution in [0, 0.1) is 3.57 Å². The Morgan fingerprint density at radius 1 is 1.65 bits per heavy atom. The van der Waals surface area contributed by atoms with E-state index in [1.54, 1.807) is 22.6 Å². The average molecular weight is 356 g/mol. The van der Waals surface area contributed by atoms with Crippen LogP contribution in [0.5, 0.6) is 0 Å². The van der Waals surface area contributed by atoms with E-state index >= 15 is 0 Å². The molecule has 0 radical (unpaired) electrons. The highest BCUT2D eigenvalue weighted by Gasteiger charge is 2.20. The molecular weight excluding hydrogens is 345 g/mol. The van der Waals surface area contributed by atoms with Crippen molar-refractivity contribution in [3.8, 4) is 0 Å². The molecule has 0 saturated carbocycles. The third-order valence-electron chi connectivity index (χ3n) is 2.20. The highest BCUT2D eigenvalue weighted by molar-refractivity contribution is 14.1. The second-order valence-corrected chi connectivity index (χ2v) is 4.29. The Bertz CT molecular complexity index is 427. The molecule has 17 heavy (non-hydrogen) atoms. The lowest BCUT2D eigenvalue weighted by Crippen LogP contribution is -2.14. The highest BCUT2D eigenvalue weighted by atomic mass is 127. The monoisotopic (exact) mass is 356 g/mol. The summed E-state index contributed by atoms with van der Waals surface area (Å²) in [6.45, 7) is 0.0891. The fourth-order valence-corrected chi connectivity index (χ4v) is 2.18. The van der Waals surface area contributed by atoms with Crippen molar-refractivity contribution in [2.75, 3.05) is 7.11 Å². The van der Waals surface area contributed by atoms with E-state index in [4.69, 9.17) is 5.73 Å². The van der Waals surface area contributed by atoms with Crippen molar-refractivity contribution < 1.29 is 18.3 Å². The third-order valence-corrected chi connectivity index (χ3v) is 3.48. The lowest BCUT2D eigenvalue weighted by molar-refractivity contribution is -0.139. The van der Waals surface area contributed by atoms with E-state index in [-0.39, 0.29) is 18.5 Å². The quantitative estimate of drug-likeness (QED) is 0.660. The number of carbonyl (C=O) groups is 1. The Hall–Kier alpha value is -0.830. The minimum absolute atomic E-state index is 0.0891. The van der Waals surface area contributed by atoms with E-state index < -0.39 is 12.4 Å². The first-order chi connectivity index (χ1) is 8.01. The van der Waals surface area contributed by atoms with Gasteiger partial charge >= 0.3 is 5.97 Å². The number of halogens is 3. The van der Waals surface area contributed by atoms with E-state index in [9.17, 15) is 13.6 Å². The minimum atomic E-state index is -2.63. The van der Waals surface area contributed by atoms with Crippen LogP contribution >= 0.6 is 22.6 Å². The maximum atomic E-state index is 12.7. The number of methoxy groups -OCH3 is 1. The Morgan fingerprint density at radius 3 is 2.76 bits per heavy atom. The second-order valence-electron chi connectivity index (χ2n) is 3.21. The normalized spacial score (nSPS) is 10.7. The summed E-state index contributed by atoms with van der Waals surface area (Å²) in [5.41, 5.74) is 6.11. The van der Waals surface area contributed by atoms with Crippen LogP contribution in [0.4, 0.5) is 8.78 Å². The van der Waals surface area contributed by atoms with E-state index in [1.807, 2.05) is 0 Å². The predicted octanol–water partition coefficient (Wildman–Crippen LogP) is 1.80. The number of alkyl halides is 2. The van der Waals surface area contributed by atoms with Gasteiger partial charge < -0.3 is 10.5 Å². The molecule has 0 fully saturated rings. The third kappa shape index (κ3) is 3.32. The Morgan fingerprint density at radius 2 is 2.29 bits per heavy atom. The maximum Gasteiger partial charge on any atom is 0.310 e. The van der Waals surface area contributed by atoms with Gasteiger partial charge in [-0.2, -0.15) is 0 Å². The van der Waals surface area contributed by atoms with E-state index in [1.165, 1.54) is 7.11 Å². The molecule has 0 saturated heterocycles. The summed E-state index contributed by atoms with van der Waals surface area (Å²) >= 11 is 1.77. The van der Waals surface area contributed by atoms with Gasteiger partial charge in [-0.3, -0.25) is 9.78 Å². The SMILES string of the molecule is COC(=O)Cc1c(CN)ncc(C(F)F)c1I. The van der Waals surface area contributed by atoms with Gasteiger partial charge in [0.15, 0.2) is 0 Å². The number of hydrogen-bond donors (Lipinski definition) is 1. The molecule has 0 bridgehead atoms. The molecule has 0 spiro atoms. The topological polar surface area (TPSA) is 65.2 Å². The van der Waals surface area contributed by atoms with Crippen molar-refractivity contribution in [3.05, 3.63) is 26.6 Å². The molecule has 4 nitrogen and oxygen atoms in total. The fraction of sp³-hybridized carbons (Fsp3) is 0.400. The summed E-state index contributed by atoms with van der Waals surface area (Å²) in [6, 6.07) is 0. The molecule has 0 unspecified atom stereocenters. The van der Waals surface area contributed by atoms with Crippen molar-refractivity contribution in [3.63, 3.8) is 0 Å². The van der Waals surface area contributed by atoms with Crippen LogP contribution in [0.15, 0.2) is 6.20 Å². The molecule has 1 aromatic heterocycles. The van der Waals surface area contributed by atoms with Gasteiger partial charge in [0, 0.05) is 21.9 Å². The van der Waals surface area contributed by atoms with Gasteiger partial charge in [-0.15, -0.1) is 0 Å². The van der Waals surface area contributed by atoms with Crippen molar-refractivity contribution in [1.29, 1.82) is 0 Å². The summed E-state index contributed by atoms with van der Waals surface area (Å²) in [6.07, 6.45) is -1.64. The zero-order valence-corrected chi connectivity index (χ0v) is 11.2. The number of nitrogens with two attached hydrogens (primary N) is 1. The number of nitrogens with zero attached hydrogens (tertiary/aromatic N) is 1. The molecule has 94 valence electrons. The molecule has 0 aliphatic rings. The molecule has 1 heterocycles. The highest BCUT2D eigenvalue weighted by Crippen LogP contribution is 2.28.